The predicted octanol–water partition coefficient (Wildman–Crippen LogP) is 2.61. The molecule has 1 atom stereocenters. The molecule has 1 heterocycles. The zero-order valence-electron chi connectivity index (χ0n) is 12.4. The van der Waals surface area contributed by atoms with Crippen molar-refractivity contribution in [3.8, 4) is 0 Å². The Morgan fingerprint density at radius 1 is 1.20 bits per heavy atom. The maximum absolute atomic E-state index is 12.4. The molecule has 1 saturated carbocycles. The molecule has 0 aromatic rings. The highest BCUT2D eigenvalue weighted by Crippen LogP contribution is 2.30. The fourth-order valence-electron chi connectivity index (χ4n) is 3.43. The molecule has 0 aromatic heterocycles. The van der Waals surface area contributed by atoms with Crippen LogP contribution in [0.4, 0.5) is 4.79 Å². The first-order chi connectivity index (χ1) is 9.57. The Morgan fingerprint density at radius 3 is 2.50 bits per heavy atom. The topological polar surface area (TPSA) is 69.6 Å². The largest absolute Gasteiger partial charge is 0.480 e. The summed E-state index contributed by atoms with van der Waals surface area (Å²) in [4.78, 5) is 25.6. The second-order valence-corrected chi connectivity index (χ2v) is 6.22. The summed E-state index contributed by atoms with van der Waals surface area (Å²) in [5.41, 5.74) is -1.02. The molecular weight excluding hydrogens is 256 g/mol. The van der Waals surface area contributed by atoms with Crippen LogP contribution in [-0.2, 0) is 4.79 Å². The van der Waals surface area contributed by atoms with Gasteiger partial charge >= 0.3 is 12.0 Å². The van der Waals surface area contributed by atoms with Crippen molar-refractivity contribution in [3.05, 3.63) is 0 Å². The number of urea groups is 1. The van der Waals surface area contributed by atoms with Gasteiger partial charge in [-0.2, -0.15) is 0 Å². The van der Waals surface area contributed by atoms with Crippen LogP contribution >= 0.6 is 0 Å². The third kappa shape index (κ3) is 3.25. The number of aliphatic carboxylic acids is 1. The van der Waals surface area contributed by atoms with Crippen LogP contribution in [0.25, 0.3) is 0 Å². The zero-order chi connectivity index (χ0) is 14.6. The van der Waals surface area contributed by atoms with Gasteiger partial charge in [0.2, 0.25) is 0 Å². The number of likely N-dealkylation sites (tertiary alicyclic amines) is 1. The number of nitrogens with one attached hydrogen (secondary N) is 1. The van der Waals surface area contributed by atoms with Gasteiger partial charge < -0.3 is 15.3 Å². The van der Waals surface area contributed by atoms with E-state index in [4.69, 9.17) is 0 Å². The summed E-state index contributed by atoms with van der Waals surface area (Å²) >= 11 is 0. The number of hydrogen-bond acceptors (Lipinski definition) is 2. The third-order valence-corrected chi connectivity index (χ3v) is 4.92. The van der Waals surface area contributed by atoms with Crippen molar-refractivity contribution in [2.75, 3.05) is 13.1 Å². The Kier molecular flexibility index (Phi) is 4.89. The number of carboxylic acid groups (broad SMARTS) is 1. The lowest BCUT2D eigenvalue weighted by Crippen LogP contribution is -2.56. The minimum absolute atomic E-state index is 0.189. The standard InChI is InChI=1S/C15H26N2O3/c1-2-12-6-5-10-17(11-7-12)14(20)16-15(13(18)19)8-3-4-9-15/h12H,2-11H2,1H3,(H,16,20)(H,18,19). The number of rotatable bonds is 3. The van der Waals surface area contributed by atoms with Gasteiger partial charge in [-0.05, 0) is 38.0 Å². The van der Waals surface area contributed by atoms with Crippen LogP contribution in [0.5, 0.6) is 0 Å². The quantitative estimate of drug-likeness (QED) is 0.836. The van der Waals surface area contributed by atoms with E-state index >= 15 is 0 Å². The SMILES string of the molecule is CCC1CCCN(C(=O)NC2(C(=O)O)CCCC2)CC1. The van der Waals surface area contributed by atoms with Crippen LogP contribution in [0, 0.1) is 5.92 Å². The maximum Gasteiger partial charge on any atom is 0.329 e. The van der Waals surface area contributed by atoms with Crippen LogP contribution in [0.15, 0.2) is 0 Å². The van der Waals surface area contributed by atoms with E-state index in [-0.39, 0.29) is 6.03 Å². The van der Waals surface area contributed by atoms with E-state index in [0.717, 1.165) is 45.2 Å². The molecule has 0 spiro atoms. The molecule has 1 unspecified atom stereocenters. The third-order valence-electron chi connectivity index (χ3n) is 4.92. The first kappa shape index (κ1) is 15.1. The van der Waals surface area contributed by atoms with Gasteiger partial charge in [-0.3, -0.25) is 0 Å². The number of carbonyl (C=O) groups is 2. The summed E-state index contributed by atoms with van der Waals surface area (Å²) in [6.45, 7) is 3.69. The molecule has 20 heavy (non-hydrogen) atoms. The van der Waals surface area contributed by atoms with E-state index in [9.17, 15) is 14.7 Å². The lowest BCUT2D eigenvalue weighted by atomic mass is 9.98. The summed E-state index contributed by atoms with van der Waals surface area (Å²) in [5, 5.41) is 12.2. The summed E-state index contributed by atoms with van der Waals surface area (Å²) in [7, 11) is 0. The average molecular weight is 282 g/mol. The van der Waals surface area contributed by atoms with Crippen LogP contribution in [0.2, 0.25) is 0 Å². The molecule has 2 amide bonds. The van der Waals surface area contributed by atoms with Crippen LogP contribution in [0.3, 0.4) is 0 Å². The average Bonchev–Trinajstić information content (AvgIpc) is 2.76. The van der Waals surface area contributed by atoms with Crippen molar-refractivity contribution >= 4 is 12.0 Å². The summed E-state index contributed by atoms with van der Waals surface area (Å²) < 4.78 is 0. The molecule has 114 valence electrons. The Balaban J connectivity index is 1.95. The molecular formula is C15H26N2O3. The molecule has 5 heteroatoms. The molecule has 1 aliphatic carbocycles. The summed E-state index contributed by atoms with van der Waals surface area (Å²) in [5.74, 6) is -0.183. The minimum Gasteiger partial charge on any atom is -0.480 e. The summed E-state index contributed by atoms with van der Waals surface area (Å²) in [6.07, 6.45) is 7.25. The number of amides is 2. The Bertz CT molecular complexity index is 364. The highest BCUT2D eigenvalue weighted by Gasteiger charge is 2.43. The van der Waals surface area contributed by atoms with Crippen molar-refractivity contribution in [2.45, 2.75) is 63.8 Å². The van der Waals surface area contributed by atoms with E-state index in [0.29, 0.717) is 18.8 Å². The second kappa shape index (κ2) is 6.46. The number of nitrogens with zero attached hydrogens (tertiary/aromatic N) is 1. The maximum atomic E-state index is 12.4. The number of hydrogen-bond donors (Lipinski definition) is 2. The van der Waals surface area contributed by atoms with E-state index in [1.807, 2.05) is 0 Å². The van der Waals surface area contributed by atoms with Gasteiger partial charge in [-0.25, -0.2) is 9.59 Å². The molecule has 2 N–H and O–H groups in total. The van der Waals surface area contributed by atoms with Crippen LogP contribution in [-0.4, -0.2) is 40.6 Å². The number of carboxylic acids is 1. The van der Waals surface area contributed by atoms with Crippen LogP contribution < -0.4 is 5.32 Å². The van der Waals surface area contributed by atoms with Gasteiger partial charge in [-0.15, -0.1) is 0 Å². The molecule has 2 aliphatic rings. The molecule has 2 rings (SSSR count). The number of carbonyl (C=O) groups excluding carboxylic acids is 1. The van der Waals surface area contributed by atoms with E-state index in [2.05, 4.69) is 12.2 Å². The van der Waals surface area contributed by atoms with Crippen LogP contribution in [0.1, 0.15) is 58.3 Å². The highest BCUT2D eigenvalue weighted by molar-refractivity contribution is 5.86. The smallest absolute Gasteiger partial charge is 0.329 e. The van der Waals surface area contributed by atoms with Crippen molar-refractivity contribution in [1.82, 2.24) is 10.2 Å². The second-order valence-electron chi connectivity index (χ2n) is 6.22. The van der Waals surface area contributed by atoms with Crippen molar-refractivity contribution in [1.29, 1.82) is 0 Å². The lowest BCUT2D eigenvalue weighted by Gasteiger charge is -2.30. The lowest BCUT2D eigenvalue weighted by molar-refractivity contribution is -0.144. The van der Waals surface area contributed by atoms with Gasteiger partial charge in [0.25, 0.3) is 0 Å². The molecule has 0 aromatic carbocycles. The van der Waals surface area contributed by atoms with Gasteiger partial charge in [0.15, 0.2) is 0 Å². The highest BCUT2D eigenvalue weighted by atomic mass is 16.4. The Morgan fingerprint density at radius 2 is 1.90 bits per heavy atom. The first-order valence-corrected chi connectivity index (χ1v) is 7.88. The van der Waals surface area contributed by atoms with Crippen molar-refractivity contribution in [3.63, 3.8) is 0 Å². The van der Waals surface area contributed by atoms with Gasteiger partial charge in [0.05, 0.1) is 0 Å². The van der Waals surface area contributed by atoms with E-state index < -0.39 is 11.5 Å². The predicted molar refractivity (Wildman–Crippen MR) is 76.6 cm³/mol. The summed E-state index contributed by atoms with van der Waals surface area (Å²) in [6, 6.07) is -0.189. The van der Waals surface area contributed by atoms with E-state index in [1.54, 1.807) is 4.90 Å². The fourth-order valence-corrected chi connectivity index (χ4v) is 3.43. The monoisotopic (exact) mass is 282 g/mol. The normalized spacial score (nSPS) is 26.1. The Hall–Kier alpha value is -1.26. The van der Waals surface area contributed by atoms with Gasteiger partial charge in [0.1, 0.15) is 5.54 Å². The molecule has 2 fully saturated rings. The molecule has 0 radical (unpaired) electrons. The van der Waals surface area contributed by atoms with Gasteiger partial charge in [0, 0.05) is 13.1 Å². The molecule has 1 saturated heterocycles. The van der Waals surface area contributed by atoms with Crippen molar-refractivity contribution in [2.24, 2.45) is 5.92 Å². The Labute approximate surface area is 120 Å². The fraction of sp³-hybridized carbons (Fsp3) is 0.867. The van der Waals surface area contributed by atoms with Crippen molar-refractivity contribution < 1.29 is 14.7 Å². The molecule has 5 nitrogen and oxygen atoms in total. The van der Waals surface area contributed by atoms with E-state index in [1.165, 1.54) is 6.42 Å². The zero-order valence-corrected chi connectivity index (χ0v) is 12.4. The van der Waals surface area contributed by atoms with Gasteiger partial charge in [-0.1, -0.05) is 26.2 Å². The first-order valence-electron chi connectivity index (χ1n) is 7.88. The molecule has 1 aliphatic heterocycles. The minimum atomic E-state index is -1.02. The molecule has 0 bridgehead atoms.